The highest BCUT2D eigenvalue weighted by Gasteiger charge is 2.36. The van der Waals surface area contributed by atoms with Gasteiger partial charge in [-0.3, -0.25) is 4.79 Å². The molecule has 1 aromatic rings. The van der Waals surface area contributed by atoms with E-state index in [1.54, 1.807) is 0 Å². The third-order valence-corrected chi connectivity index (χ3v) is 6.66. The van der Waals surface area contributed by atoms with Gasteiger partial charge in [-0.05, 0) is 49.5 Å². The predicted octanol–water partition coefficient (Wildman–Crippen LogP) is 4.07. The Bertz CT molecular complexity index is 665. The quantitative estimate of drug-likeness (QED) is 0.784. The number of amides is 1. The van der Waals surface area contributed by atoms with E-state index < -0.39 is 0 Å². The summed E-state index contributed by atoms with van der Waals surface area (Å²) in [7, 11) is 2.16. The number of aromatic nitrogens is 1. The molecule has 0 aliphatic heterocycles. The summed E-state index contributed by atoms with van der Waals surface area (Å²) < 4.78 is 0. The van der Waals surface area contributed by atoms with E-state index in [0.717, 1.165) is 17.3 Å². The minimum atomic E-state index is 0.186. The normalized spacial score (nSPS) is 27.7. The van der Waals surface area contributed by atoms with Crippen molar-refractivity contribution in [1.29, 1.82) is 0 Å². The van der Waals surface area contributed by atoms with Gasteiger partial charge in [0.05, 0.1) is 0 Å². The first-order valence-corrected chi connectivity index (χ1v) is 10.3. The molecule has 0 unspecified atom stereocenters. The molecule has 0 aromatic carbocycles. The fourth-order valence-corrected chi connectivity index (χ4v) is 5.16. The Hall–Kier alpha value is -1.84. The summed E-state index contributed by atoms with van der Waals surface area (Å²) in [4.78, 5) is 19.4. The number of pyridine rings is 1. The Morgan fingerprint density at radius 1 is 1.23 bits per heavy atom. The second kappa shape index (κ2) is 7.81. The van der Waals surface area contributed by atoms with Crippen molar-refractivity contribution >= 4 is 11.7 Å². The molecular weight excluding hydrogens is 322 g/mol. The number of nitrogens with zero attached hydrogens (tertiary/aromatic N) is 2. The van der Waals surface area contributed by atoms with Crippen LogP contribution >= 0.6 is 0 Å². The van der Waals surface area contributed by atoms with Gasteiger partial charge in [-0.25, -0.2) is 4.98 Å². The highest BCUT2D eigenvalue weighted by molar-refractivity contribution is 5.76. The number of anilines is 1. The van der Waals surface area contributed by atoms with Gasteiger partial charge in [0.25, 0.3) is 0 Å². The first-order valence-electron chi connectivity index (χ1n) is 10.3. The summed E-state index contributed by atoms with van der Waals surface area (Å²) in [6.45, 7) is 0.579. The number of carbonyl (C=O) groups excluding carboxylic acids is 1. The van der Waals surface area contributed by atoms with Crippen molar-refractivity contribution in [2.24, 2.45) is 17.8 Å². The Morgan fingerprint density at radius 3 is 2.81 bits per heavy atom. The monoisotopic (exact) mass is 353 g/mol. The summed E-state index contributed by atoms with van der Waals surface area (Å²) in [5, 5.41) is 3.15. The molecule has 3 aliphatic carbocycles. The minimum Gasteiger partial charge on any atom is -0.356 e. The van der Waals surface area contributed by atoms with Crippen LogP contribution in [0.2, 0.25) is 0 Å². The molecule has 0 saturated heterocycles. The van der Waals surface area contributed by atoms with Crippen LogP contribution in [0.15, 0.2) is 30.5 Å². The van der Waals surface area contributed by atoms with Crippen LogP contribution in [0.3, 0.4) is 0 Å². The molecule has 1 N–H and O–H groups in total. The Morgan fingerprint density at radius 2 is 2.08 bits per heavy atom. The summed E-state index contributed by atoms with van der Waals surface area (Å²) in [6.07, 6.45) is 16.1. The van der Waals surface area contributed by atoms with E-state index in [1.165, 1.54) is 44.9 Å². The lowest BCUT2D eigenvalue weighted by atomic mass is 9.90. The summed E-state index contributed by atoms with van der Waals surface area (Å²) >= 11 is 0. The predicted molar refractivity (Wildman–Crippen MR) is 105 cm³/mol. The van der Waals surface area contributed by atoms with E-state index >= 15 is 0 Å². The van der Waals surface area contributed by atoms with Crippen LogP contribution in [0.25, 0.3) is 0 Å². The maximum Gasteiger partial charge on any atom is 0.220 e. The number of hydrogen-bond donors (Lipinski definition) is 1. The minimum absolute atomic E-state index is 0.186. The van der Waals surface area contributed by atoms with Gasteiger partial charge < -0.3 is 10.2 Å². The molecule has 3 aliphatic rings. The first kappa shape index (κ1) is 17.6. The van der Waals surface area contributed by atoms with Gasteiger partial charge in [0, 0.05) is 37.8 Å². The fraction of sp³-hybridized carbons (Fsp3) is 0.636. The van der Waals surface area contributed by atoms with Crippen molar-refractivity contribution in [2.75, 3.05) is 11.9 Å². The average Bonchev–Trinajstić information content (AvgIpc) is 3.30. The molecule has 1 heterocycles. The van der Waals surface area contributed by atoms with Crippen molar-refractivity contribution in [1.82, 2.24) is 10.3 Å². The largest absolute Gasteiger partial charge is 0.356 e. The van der Waals surface area contributed by atoms with Gasteiger partial charge in [0.15, 0.2) is 0 Å². The fourth-order valence-electron chi connectivity index (χ4n) is 5.16. The van der Waals surface area contributed by atoms with E-state index in [1.807, 2.05) is 12.3 Å². The number of allylic oxidation sites excluding steroid dienone is 2. The van der Waals surface area contributed by atoms with Gasteiger partial charge in [0.1, 0.15) is 5.82 Å². The van der Waals surface area contributed by atoms with Gasteiger partial charge in [0.2, 0.25) is 5.91 Å². The standard InChI is InChI=1S/C22H31N3O/c1-25(20-7-3-2-4-8-20)22-18(6-5-11-23-22)15-24-21(26)14-19-13-16-9-10-17(19)12-16/h5-6,9-11,16-17,19-20H,2-4,7-8,12-15H2,1H3,(H,24,26)/t16-,17+,19+/m1/s1. The van der Waals surface area contributed by atoms with Crippen LogP contribution in [-0.4, -0.2) is 24.0 Å². The third-order valence-electron chi connectivity index (χ3n) is 6.66. The number of fused-ring (bicyclic) bond motifs is 2. The highest BCUT2D eigenvalue weighted by Crippen LogP contribution is 2.44. The van der Waals surface area contributed by atoms with Crippen molar-refractivity contribution in [3.63, 3.8) is 0 Å². The molecule has 0 spiro atoms. The van der Waals surface area contributed by atoms with Crippen LogP contribution in [0.4, 0.5) is 5.82 Å². The Labute approximate surface area is 157 Å². The lowest BCUT2D eigenvalue weighted by molar-refractivity contribution is -0.122. The van der Waals surface area contributed by atoms with E-state index in [2.05, 4.69) is 40.5 Å². The van der Waals surface area contributed by atoms with Crippen molar-refractivity contribution < 1.29 is 4.79 Å². The number of nitrogens with one attached hydrogen (secondary N) is 1. The molecule has 4 heteroatoms. The Kier molecular flexibility index (Phi) is 5.28. The van der Waals surface area contributed by atoms with Gasteiger partial charge >= 0.3 is 0 Å². The molecule has 1 amide bonds. The van der Waals surface area contributed by atoms with Gasteiger partial charge in [-0.15, -0.1) is 0 Å². The maximum atomic E-state index is 12.5. The number of hydrogen-bond acceptors (Lipinski definition) is 3. The zero-order chi connectivity index (χ0) is 17.9. The molecule has 2 fully saturated rings. The second-order valence-corrected chi connectivity index (χ2v) is 8.41. The van der Waals surface area contributed by atoms with E-state index in [-0.39, 0.29) is 5.91 Å². The molecule has 2 bridgehead atoms. The molecule has 3 atom stereocenters. The smallest absolute Gasteiger partial charge is 0.220 e. The molecule has 0 radical (unpaired) electrons. The molecular formula is C22H31N3O. The van der Waals surface area contributed by atoms with E-state index in [9.17, 15) is 4.79 Å². The van der Waals surface area contributed by atoms with Crippen LogP contribution in [-0.2, 0) is 11.3 Å². The maximum absolute atomic E-state index is 12.5. The summed E-state index contributed by atoms with van der Waals surface area (Å²) in [6, 6.07) is 4.65. The molecule has 4 rings (SSSR count). The van der Waals surface area contributed by atoms with E-state index in [4.69, 9.17) is 0 Å². The van der Waals surface area contributed by atoms with Crippen molar-refractivity contribution in [3.8, 4) is 0 Å². The lowest BCUT2D eigenvalue weighted by Gasteiger charge is -2.33. The zero-order valence-corrected chi connectivity index (χ0v) is 15.9. The third kappa shape index (κ3) is 3.79. The summed E-state index contributed by atoms with van der Waals surface area (Å²) in [5.74, 6) is 3.13. The van der Waals surface area contributed by atoms with E-state index in [0.29, 0.717) is 30.8 Å². The van der Waals surface area contributed by atoms with Crippen molar-refractivity contribution in [3.05, 3.63) is 36.0 Å². The molecule has 2 saturated carbocycles. The van der Waals surface area contributed by atoms with Crippen LogP contribution in [0.1, 0.15) is 56.9 Å². The zero-order valence-electron chi connectivity index (χ0n) is 15.9. The molecule has 4 nitrogen and oxygen atoms in total. The molecule has 1 aromatic heterocycles. The topological polar surface area (TPSA) is 45.2 Å². The number of carbonyl (C=O) groups is 1. The van der Waals surface area contributed by atoms with Crippen LogP contribution in [0.5, 0.6) is 0 Å². The summed E-state index contributed by atoms with van der Waals surface area (Å²) in [5.41, 5.74) is 1.13. The second-order valence-electron chi connectivity index (χ2n) is 8.41. The lowest BCUT2D eigenvalue weighted by Crippen LogP contribution is -2.35. The average molecular weight is 354 g/mol. The molecule has 140 valence electrons. The van der Waals surface area contributed by atoms with Crippen LogP contribution in [0, 0.1) is 17.8 Å². The SMILES string of the molecule is CN(c1ncccc1CNC(=O)C[C@@H]1C[C@@H]2C=C[C@H]1C2)C1CCCCC1. The highest BCUT2D eigenvalue weighted by atomic mass is 16.1. The van der Waals surface area contributed by atoms with Gasteiger partial charge in [-0.1, -0.05) is 37.5 Å². The first-order chi connectivity index (χ1) is 12.7. The van der Waals surface area contributed by atoms with Crippen LogP contribution < -0.4 is 10.2 Å². The number of rotatable bonds is 6. The van der Waals surface area contributed by atoms with Crippen molar-refractivity contribution in [2.45, 2.75) is 64.0 Å². The van der Waals surface area contributed by atoms with Gasteiger partial charge in [-0.2, -0.15) is 0 Å². The molecule has 26 heavy (non-hydrogen) atoms. The Balaban J connectivity index is 1.34.